The number of nitrogens with two attached hydrogens (primary N) is 1. The number of ether oxygens (including phenoxy) is 1. The molecule has 6 nitrogen and oxygen atoms in total. The molecule has 2 rings (SSSR count). The second-order valence-electron chi connectivity index (χ2n) is 5.14. The maximum Gasteiger partial charge on any atom is 0.257 e. The van der Waals surface area contributed by atoms with Crippen molar-refractivity contribution in [1.29, 1.82) is 0 Å². The van der Waals surface area contributed by atoms with Crippen LogP contribution in [-0.2, 0) is 4.79 Å². The number of nitrogens with one attached hydrogen (secondary N) is 2. The lowest BCUT2D eigenvalue weighted by atomic mass is 10.1. The molecule has 0 heterocycles. The number of carbonyl (C=O) groups is 2. The minimum absolute atomic E-state index is 0.0855. The van der Waals surface area contributed by atoms with Crippen LogP contribution in [0, 0.1) is 0 Å². The average Bonchev–Trinajstić information content (AvgIpc) is 3.27. The smallest absolute Gasteiger partial charge is 0.257 e. The topological polar surface area (TPSA) is 93.4 Å². The highest BCUT2D eigenvalue weighted by atomic mass is 16.5. The van der Waals surface area contributed by atoms with Gasteiger partial charge in [-0.05, 0) is 37.5 Å². The van der Waals surface area contributed by atoms with Crippen molar-refractivity contribution in [3.63, 3.8) is 0 Å². The molecule has 1 saturated carbocycles. The van der Waals surface area contributed by atoms with Gasteiger partial charge in [-0.1, -0.05) is 6.92 Å². The van der Waals surface area contributed by atoms with Gasteiger partial charge in [-0.25, -0.2) is 0 Å². The van der Waals surface area contributed by atoms with Gasteiger partial charge in [0.25, 0.3) is 11.8 Å². The number of hydrogen-bond donors (Lipinski definition) is 3. The van der Waals surface area contributed by atoms with Crippen LogP contribution in [0.15, 0.2) is 18.2 Å². The fraction of sp³-hybridized carbons (Fsp3) is 0.467. The number of hydrogen-bond acceptors (Lipinski definition) is 4. The Morgan fingerprint density at radius 3 is 2.76 bits per heavy atom. The molecule has 114 valence electrons. The normalized spacial score (nSPS) is 13.6. The molecule has 0 aliphatic heterocycles. The summed E-state index contributed by atoms with van der Waals surface area (Å²) in [5, 5.41) is 5.60. The molecule has 4 N–H and O–H groups in total. The Morgan fingerprint density at radius 2 is 2.14 bits per heavy atom. The third-order valence-corrected chi connectivity index (χ3v) is 3.12. The van der Waals surface area contributed by atoms with E-state index in [2.05, 4.69) is 10.6 Å². The lowest BCUT2D eigenvalue weighted by molar-refractivity contribution is -0.123. The van der Waals surface area contributed by atoms with Crippen LogP contribution in [0.5, 0.6) is 5.75 Å². The summed E-state index contributed by atoms with van der Waals surface area (Å²) in [6.45, 7) is 2.51. The van der Waals surface area contributed by atoms with Crippen LogP contribution in [-0.4, -0.2) is 31.0 Å². The Morgan fingerprint density at radius 1 is 1.38 bits per heavy atom. The number of carbonyl (C=O) groups excluding carboxylic acids is 2. The molecule has 0 unspecified atom stereocenters. The van der Waals surface area contributed by atoms with Gasteiger partial charge in [-0.3, -0.25) is 9.59 Å². The molecule has 1 aromatic carbocycles. The minimum atomic E-state index is -0.188. The van der Waals surface area contributed by atoms with Crippen molar-refractivity contribution in [2.75, 3.05) is 18.9 Å². The number of nitrogen functional groups attached to an aromatic ring is 1. The summed E-state index contributed by atoms with van der Waals surface area (Å²) in [4.78, 5) is 23.3. The Hall–Kier alpha value is -2.24. The van der Waals surface area contributed by atoms with E-state index in [0.717, 1.165) is 19.3 Å². The molecule has 2 amide bonds. The second-order valence-corrected chi connectivity index (χ2v) is 5.14. The number of benzene rings is 1. The molecule has 1 fully saturated rings. The zero-order valence-electron chi connectivity index (χ0n) is 12.1. The van der Waals surface area contributed by atoms with Crippen LogP contribution in [0.2, 0.25) is 0 Å². The van der Waals surface area contributed by atoms with Crippen LogP contribution in [0.25, 0.3) is 0 Å². The molecule has 0 atom stereocenters. The first-order chi connectivity index (χ1) is 10.1. The molecule has 1 aliphatic carbocycles. The summed E-state index contributed by atoms with van der Waals surface area (Å²) in [5.41, 5.74) is 6.71. The van der Waals surface area contributed by atoms with E-state index >= 15 is 0 Å². The first kappa shape index (κ1) is 15.2. The average molecular weight is 291 g/mol. The van der Waals surface area contributed by atoms with E-state index < -0.39 is 0 Å². The number of rotatable bonds is 7. The SMILES string of the molecule is CCCNC(=O)COc1ccc(C(=O)NC2CC2)cc1N. The summed E-state index contributed by atoms with van der Waals surface area (Å²) < 4.78 is 5.36. The van der Waals surface area contributed by atoms with Gasteiger partial charge in [0, 0.05) is 18.2 Å². The van der Waals surface area contributed by atoms with Crippen molar-refractivity contribution in [3.8, 4) is 5.75 Å². The van der Waals surface area contributed by atoms with Crippen molar-refractivity contribution in [1.82, 2.24) is 10.6 Å². The molecule has 6 heteroatoms. The fourth-order valence-corrected chi connectivity index (χ4v) is 1.78. The molecule has 1 aromatic rings. The van der Waals surface area contributed by atoms with Gasteiger partial charge in [-0.15, -0.1) is 0 Å². The van der Waals surface area contributed by atoms with E-state index in [1.54, 1.807) is 18.2 Å². The molecular weight excluding hydrogens is 270 g/mol. The number of amides is 2. The van der Waals surface area contributed by atoms with Crippen molar-refractivity contribution >= 4 is 17.5 Å². The lowest BCUT2D eigenvalue weighted by Gasteiger charge is -2.10. The highest BCUT2D eigenvalue weighted by Crippen LogP contribution is 2.24. The van der Waals surface area contributed by atoms with Gasteiger partial charge in [0.15, 0.2) is 6.61 Å². The van der Waals surface area contributed by atoms with E-state index in [4.69, 9.17) is 10.5 Å². The fourth-order valence-electron chi connectivity index (χ4n) is 1.78. The Bertz CT molecular complexity index is 527. The van der Waals surface area contributed by atoms with Gasteiger partial charge in [0.1, 0.15) is 5.75 Å². The molecule has 0 radical (unpaired) electrons. The van der Waals surface area contributed by atoms with E-state index in [1.807, 2.05) is 6.92 Å². The molecule has 0 bridgehead atoms. The predicted molar refractivity (Wildman–Crippen MR) is 80.1 cm³/mol. The highest BCUT2D eigenvalue weighted by Gasteiger charge is 2.24. The van der Waals surface area contributed by atoms with Gasteiger partial charge < -0.3 is 21.1 Å². The van der Waals surface area contributed by atoms with E-state index in [0.29, 0.717) is 29.6 Å². The molecule has 21 heavy (non-hydrogen) atoms. The molecule has 0 saturated heterocycles. The largest absolute Gasteiger partial charge is 0.482 e. The molecular formula is C15H21N3O3. The summed E-state index contributed by atoms with van der Waals surface area (Å²) in [5.74, 6) is 0.0906. The van der Waals surface area contributed by atoms with E-state index in [1.165, 1.54) is 0 Å². The third-order valence-electron chi connectivity index (χ3n) is 3.12. The summed E-state index contributed by atoms with van der Waals surface area (Å²) in [6, 6.07) is 5.13. The first-order valence-corrected chi connectivity index (χ1v) is 7.20. The third kappa shape index (κ3) is 4.66. The minimum Gasteiger partial charge on any atom is -0.482 e. The molecule has 0 aromatic heterocycles. The van der Waals surface area contributed by atoms with Crippen LogP contribution < -0.4 is 21.1 Å². The van der Waals surface area contributed by atoms with Gasteiger partial charge in [0.2, 0.25) is 0 Å². The Labute approximate surface area is 124 Å². The Kier molecular flexibility index (Phi) is 5.03. The zero-order valence-corrected chi connectivity index (χ0v) is 12.1. The van der Waals surface area contributed by atoms with E-state index in [-0.39, 0.29) is 18.4 Å². The van der Waals surface area contributed by atoms with Crippen LogP contribution >= 0.6 is 0 Å². The first-order valence-electron chi connectivity index (χ1n) is 7.20. The van der Waals surface area contributed by atoms with Gasteiger partial charge in [-0.2, -0.15) is 0 Å². The van der Waals surface area contributed by atoms with Crippen molar-refractivity contribution < 1.29 is 14.3 Å². The van der Waals surface area contributed by atoms with Crippen LogP contribution in [0.1, 0.15) is 36.5 Å². The van der Waals surface area contributed by atoms with E-state index in [9.17, 15) is 9.59 Å². The maximum absolute atomic E-state index is 11.9. The highest BCUT2D eigenvalue weighted by molar-refractivity contribution is 5.95. The van der Waals surface area contributed by atoms with Gasteiger partial charge in [0.05, 0.1) is 5.69 Å². The second kappa shape index (κ2) is 6.97. The zero-order chi connectivity index (χ0) is 15.2. The quantitative estimate of drug-likeness (QED) is 0.655. The van der Waals surface area contributed by atoms with Crippen molar-refractivity contribution in [2.24, 2.45) is 0 Å². The summed E-state index contributed by atoms with van der Waals surface area (Å²) >= 11 is 0. The maximum atomic E-state index is 11.9. The van der Waals surface area contributed by atoms with Crippen molar-refractivity contribution in [3.05, 3.63) is 23.8 Å². The summed E-state index contributed by atoms with van der Waals surface area (Å²) in [7, 11) is 0. The van der Waals surface area contributed by atoms with Crippen LogP contribution in [0.3, 0.4) is 0 Å². The number of anilines is 1. The molecule has 1 aliphatic rings. The Balaban J connectivity index is 1.89. The monoisotopic (exact) mass is 291 g/mol. The van der Waals surface area contributed by atoms with Crippen molar-refractivity contribution in [2.45, 2.75) is 32.2 Å². The predicted octanol–water partition coefficient (Wildman–Crippen LogP) is 1.07. The molecule has 0 spiro atoms. The van der Waals surface area contributed by atoms with Gasteiger partial charge >= 0.3 is 0 Å². The standard InChI is InChI=1S/C15H21N3O3/c1-2-7-17-14(19)9-21-13-6-3-10(8-12(13)16)15(20)18-11-4-5-11/h3,6,8,11H,2,4-5,7,9,16H2,1H3,(H,17,19)(H,18,20). The lowest BCUT2D eigenvalue weighted by Crippen LogP contribution is -2.29. The summed E-state index contributed by atoms with van der Waals surface area (Å²) in [6.07, 6.45) is 2.95. The van der Waals surface area contributed by atoms with Crippen LogP contribution in [0.4, 0.5) is 5.69 Å².